The van der Waals surface area contributed by atoms with Crippen molar-refractivity contribution in [1.29, 1.82) is 0 Å². The van der Waals surface area contributed by atoms with Crippen LogP contribution in [0.15, 0.2) is 42.5 Å². The van der Waals surface area contributed by atoms with Crippen molar-refractivity contribution in [3.05, 3.63) is 53.3 Å². The Hall–Kier alpha value is -2.09. The van der Waals surface area contributed by atoms with Crippen molar-refractivity contribution in [3.63, 3.8) is 0 Å². The molecule has 1 aliphatic heterocycles. The Balaban J connectivity index is 1.74. The second kappa shape index (κ2) is 7.15. The zero-order valence-electron chi connectivity index (χ0n) is 15.6. The predicted octanol–water partition coefficient (Wildman–Crippen LogP) is 4.42. The van der Waals surface area contributed by atoms with Crippen molar-refractivity contribution in [3.8, 4) is 0 Å². The molecule has 2 aromatic rings. The maximum absolute atomic E-state index is 14.2. The maximum atomic E-state index is 14.2. The van der Waals surface area contributed by atoms with Crippen molar-refractivity contribution in [1.82, 2.24) is 0 Å². The molecule has 0 saturated carbocycles. The van der Waals surface area contributed by atoms with E-state index in [1.165, 1.54) is 12.1 Å². The third-order valence-corrected chi connectivity index (χ3v) is 5.12. The lowest BCUT2D eigenvalue weighted by Crippen LogP contribution is -2.41. The highest BCUT2D eigenvalue weighted by atomic mass is 35.5. The van der Waals surface area contributed by atoms with E-state index in [-0.39, 0.29) is 5.69 Å². The molecule has 0 aromatic heterocycles. The Kier molecular flexibility index (Phi) is 5.21. The van der Waals surface area contributed by atoms with Crippen LogP contribution in [0.3, 0.4) is 0 Å². The average molecular weight is 391 g/mol. The smallest absolute Gasteiger partial charge is 0.399 e. The SMILES string of the molecule is CC1(C)OB(c2ccc(F)c(NC(=O)Nc3ccc(Cl)cc3)c2)OC1(C)C. The number of amides is 2. The molecular weight excluding hydrogens is 369 g/mol. The molecule has 2 amide bonds. The lowest BCUT2D eigenvalue weighted by atomic mass is 9.79. The van der Waals surface area contributed by atoms with Crippen LogP contribution in [0.2, 0.25) is 5.02 Å². The fraction of sp³-hybridized carbons (Fsp3) is 0.316. The Bertz CT molecular complexity index is 843. The van der Waals surface area contributed by atoms with Crippen molar-refractivity contribution in [2.45, 2.75) is 38.9 Å². The van der Waals surface area contributed by atoms with Gasteiger partial charge in [0.2, 0.25) is 0 Å². The number of rotatable bonds is 3. The molecule has 2 aromatic carbocycles. The number of benzene rings is 2. The van der Waals surface area contributed by atoms with Gasteiger partial charge >= 0.3 is 13.1 Å². The van der Waals surface area contributed by atoms with Crippen molar-refractivity contribution in [2.24, 2.45) is 0 Å². The highest BCUT2D eigenvalue weighted by Crippen LogP contribution is 2.36. The number of carbonyl (C=O) groups excluding carboxylic acids is 1. The Morgan fingerprint density at radius 2 is 1.59 bits per heavy atom. The van der Waals surface area contributed by atoms with Crippen molar-refractivity contribution >= 4 is 41.6 Å². The van der Waals surface area contributed by atoms with Gasteiger partial charge in [0, 0.05) is 10.7 Å². The number of halogens is 2. The molecule has 0 spiro atoms. The van der Waals surface area contributed by atoms with Crippen LogP contribution in [-0.2, 0) is 9.31 Å². The van der Waals surface area contributed by atoms with Gasteiger partial charge in [0.1, 0.15) is 5.82 Å². The van der Waals surface area contributed by atoms with Crippen LogP contribution in [0.25, 0.3) is 0 Å². The fourth-order valence-electron chi connectivity index (χ4n) is 2.58. The first-order chi connectivity index (χ1) is 12.6. The van der Waals surface area contributed by atoms with E-state index in [1.54, 1.807) is 30.3 Å². The van der Waals surface area contributed by atoms with E-state index in [4.69, 9.17) is 20.9 Å². The summed E-state index contributed by atoms with van der Waals surface area (Å²) in [7, 11) is -0.643. The standard InChI is InChI=1S/C19H21BClFN2O3/c1-18(2)19(3,4)27-20(26-18)12-5-10-15(22)16(11-12)24-17(25)23-14-8-6-13(21)7-9-14/h5-11H,1-4H3,(H2,23,24,25). The molecule has 0 bridgehead atoms. The van der Waals surface area contributed by atoms with Gasteiger partial charge in [-0.05, 0) is 69.6 Å². The first-order valence-electron chi connectivity index (χ1n) is 8.56. The normalized spacial score (nSPS) is 17.6. The maximum Gasteiger partial charge on any atom is 0.494 e. The number of anilines is 2. The molecule has 0 unspecified atom stereocenters. The summed E-state index contributed by atoms with van der Waals surface area (Å²) in [5.41, 5.74) is 0.182. The fourth-order valence-corrected chi connectivity index (χ4v) is 2.71. The molecule has 0 radical (unpaired) electrons. The minimum Gasteiger partial charge on any atom is -0.399 e. The summed E-state index contributed by atoms with van der Waals surface area (Å²) in [4.78, 5) is 12.2. The Morgan fingerprint density at radius 3 is 2.19 bits per heavy atom. The predicted molar refractivity (Wildman–Crippen MR) is 106 cm³/mol. The van der Waals surface area contributed by atoms with Crippen molar-refractivity contribution < 1.29 is 18.5 Å². The molecular formula is C19H21BClFN2O3. The van der Waals surface area contributed by atoms with Gasteiger partial charge < -0.3 is 19.9 Å². The van der Waals surface area contributed by atoms with Gasteiger partial charge in [-0.25, -0.2) is 9.18 Å². The van der Waals surface area contributed by atoms with Gasteiger partial charge in [-0.1, -0.05) is 17.7 Å². The van der Waals surface area contributed by atoms with Gasteiger partial charge in [0.15, 0.2) is 0 Å². The topological polar surface area (TPSA) is 59.6 Å². The third kappa shape index (κ3) is 4.26. The highest BCUT2D eigenvalue weighted by Gasteiger charge is 2.51. The van der Waals surface area contributed by atoms with Crippen molar-refractivity contribution in [2.75, 3.05) is 10.6 Å². The lowest BCUT2D eigenvalue weighted by molar-refractivity contribution is 0.00578. The Labute approximate surface area is 163 Å². The van der Waals surface area contributed by atoms with Crippen LogP contribution in [0.1, 0.15) is 27.7 Å². The average Bonchev–Trinajstić information content (AvgIpc) is 2.79. The summed E-state index contributed by atoms with van der Waals surface area (Å²) in [5.74, 6) is -0.554. The minimum absolute atomic E-state index is 0.0358. The van der Waals surface area contributed by atoms with E-state index in [0.29, 0.717) is 16.2 Å². The van der Waals surface area contributed by atoms with Gasteiger partial charge in [0.25, 0.3) is 0 Å². The van der Waals surface area contributed by atoms with Crippen LogP contribution < -0.4 is 16.1 Å². The second-order valence-corrected chi connectivity index (χ2v) is 7.85. The monoisotopic (exact) mass is 390 g/mol. The van der Waals surface area contributed by atoms with Crippen LogP contribution in [0, 0.1) is 5.82 Å². The van der Waals surface area contributed by atoms with E-state index >= 15 is 0 Å². The summed E-state index contributed by atoms with van der Waals surface area (Å²) in [6.45, 7) is 7.76. The first-order valence-corrected chi connectivity index (χ1v) is 8.94. The molecule has 1 heterocycles. The van der Waals surface area contributed by atoms with E-state index in [0.717, 1.165) is 0 Å². The van der Waals surface area contributed by atoms with Crippen LogP contribution >= 0.6 is 11.6 Å². The molecule has 5 nitrogen and oxygen atoms in total. The molecule has 3 rings (SSSR count). The minimum atomic E-state index is -0.643. The number of urea groups is 1. The highest BCUT2D eigenvalue weighted by molar-refractivity contribution is 6.62. The van der Waals surface area contributed by atoms with Crippen LogP contribution in [0.4, 0.5) is 20.6 Å². The number of nitrogens with one attached hydrogen (secondary N) is 2. The summed E-state index contributed by atoms with van der Waals surface area (Å²) in [6.07, 6.45) is 0. The van der Waals surface area contributed by atoms with E-state index in [2.05, 4.69) is 10.6 Å². The molecule has 0 aliphatic carbocycles. The zero-order chi connectivity index (χ0) is 19.8. The van der Waals surface area contributed by atoms with Gasteiger partial charge in [-0.2, -0.15) is 0 Å². The lowest BCUT2D eigenvalue weighted by Gasteiger charge is -2.32. The summed E-state index contributed by atoms with van der Waals surface area (Å²) in [5, 5.41) is 5.69. The number of carbonyl (C=O) groups is 1. The Morgan fingerprint density at radius 1 is 1.00 bits per heavy atom. The number of hydrogen-bond acceptors (Lipinski definition) is 3. The molecule has 1 saturated heterocycles. The molecule has 1 fully saturated rings. The molecule has 2 N–H and O–H groups in total. The molecule has 142 valence electrons. The van der Waals surface area contributed by atoms with Gasteiger partial charge in [-0.3, -0.25) is 0 Å². The van der Waals surface area contributed by atoms with Gasteiger partial charge in [-0.15, -0.1) is 0 Å². The van der Waals surface area contributed by atoms with Gasteiger partial charge in [0.05, 0.1) is 16.9 Å². The molecule has 8 heteroatoms. The molecule has 0 atom stereocenters. The first kappa shape index (κ1) is 19.7. The third-order valence-electron chi connectivity index (χ3n) is 4.87. The largest absolute Gasteiger partial charge is 0.494 e. The van der Waals surface area contributed by atoms with Crippen LogP contribution in [-0.4, -0.2) is 24.4 Å². The molecule has 1 aliphatic rings. The van der Waals surface area contributed by atoms with E-state index in [9.17, 15) is 9.18 Å². The quantitative estimate of drug-likeness (QED) is 0.763. The van der Waals surface area contributed by atoms with E-state index < -0.39 is 30.2 Å². The summed E-state index contributed by atoms with van der Waals surface area (Å²) >= 11 is 5.82. The van der Waals surface area contributed by atoms with Crippen LogP contribution in [0.5, 0.6) is 0 Å². The van der Waals surface area contributed by atoms with E-state index in [1.807, 2.05) is 27.7 Å². The summed E-state index contributed by atoms with van der Waals surface area (Å²) < 4.78 is 26.1. The second-order valence-electron chi connectivity index (χ2n) is 7.41. The summed E-state index contributed by atoms with van der Waals surface area (Å²) in [6, 6.07) is 10.4. The zero-order valence-corrected chi connectivity index (χ0v) is 16.4. The number of hydrogen-bond donors (Lipinski definition) is 2. The molecule has 27 heavy (non-hydrogen) atoms.